The number of hydrogen-bond acceptors (Lipinski definition) is 4. The number of hydrogen-bond donors (Lipinski definition) is 1. The molecule has 0 spiro atoms. The minimum Gasteiger partial charge on any atom is -0.372 e. The van der Waals surface area contributed by atoms with Gasteiger partial charge in [0.1, 0.15) is 12.4 Å². The van der Waals surface area contributed by atoms with Crippen molar-refractivity contribution in [1.82, 2.24) is 4.98 Å². The molecule has 14 heavy (non-hydrogen) atoms. The van der Waals surface area contributed by atoms with Crippen LogP contribution in [0.4, 0.5) is 4.39 Å². The molecule has 0 aliphatic carbocycles. The van der Waals surface area contributed by atoms with Gasteiger partial charge >= 0.3 is 0 Å². The lowest BCUT2D eigenvalue weighted by Crippen LogP contribution is -2.15. The van der Waals surface area contributed by atoms with Crippen LogP contribution in [0.15, 0.2) is 18.5 Å². The molecule has 76 valence electrons. The Morgan fingerprint density at radius 2 is 2.36 bits per heavy atom. The fraction of sp³-hybridized carbons (Fsp3) is 0.333. The van der Waals surface area contributed by atoms with Gasteiger partial charge in [-0.1, -0.05) is 0 Å². The first kappa shape index (κ1) is 10.7. The molecule has 0 bridgehead atoms. The van der Waals surface area contributed by atoms with E-state index in [0.29, 0.717) is 13.2 Å². The van der Waals surface area contributed by atoms with Crippen molar-refractivity contribution in [3.8, 4) is 0 Å². The van der Waals surface area contributed by atoms with E-state index in [1.165, 1.54) is 6.20 Å². The molecule has 1 aromatic rings. The van der Waals surface area contributed by atoms with Crippen LogP contribution < -0.4 is 5.73 Å². The van der Waals surface area contributed by atoms with Crippen LogP contribution in [0.5, 0.6) is 0 Å². The molecule has 0 aromatic carbocycles. The third kappa shape index (κ3) is 3.20. The van der Waals surface area contributed by atoms with Gasteiger partial charge in [0.05, 0.1) is 12.8 Å². The van der Waals surface area contributed by atoms with Gasteiger partial charge in [-0.05, 0) is 6.07 Å². The van der Waals surface area contributed by atoms with Crippen LogP contribution in [-0.4, -0.2) is 30.5 Å². The summed E-state index contributed by atoms with van der Waals surface area (Å²) in [5.41, 5.74) is 5.38. The van der Waals surface area contributed by atoms with Gasteiger partial charge in [-0.15, -0.1) is 0 Å². The molecule has 2 N–H and O–H groups in total. The van der Waals surface area contributed by atoms with E-state index in [4.69, 9.17) is 10.5 Å². The van der Waals surface area contributed by atoms with Gasteiger partial charge in [0, 0.05) is 18.3 Å². The number of Topliss-reactive ketones (excluding diaryl/α,β-unsaturated/α-hetero) is 1. The molecular weight excluding hydrogens is 187 g/mol. The molecule has 0 amide bonds. The van der Waals surface area contributed by atoms with Gasteiger partial charge < -0.3 is 10.5 Å². The lowest BCUT2D eigenvalue weighted by Gasteiger charge is -2.01. The van der Waals surface area contributed by atoms with Crippen molar-refractivity contribution in [2.24, 2.45) is 5.73 Å². The van der Waals surface area contributed by atoms with E-state index in [1.807, 2.05) is 0 Å². The SMILES string of the molecule is NCCOCC(=O)c1cncc(F)c1. The van der Waals surface area contributed by atoms with Crippen molar-refractivity contribution >= 4 is 5.78 Å². The van der Waals surface area contributed by atoms with Crippen LogP contribution in [0, 0.1) is 5.82 Å². The first-order chi connectivity index (χ1) is 6.74. The minimum atomic E-state index is -0.533. The third-order valence-corrected chi connectivity index (χ3v) is 1.52. The van der Waals surface area contributed by atoms with Crippen molar-refractivity contribution in [2.75, 3.05) is 19.8 Å². The highest BCUT2D eigenvalue weighted by Gasteiger charge is 2.06. The molecule has 0 aliphatic rings. The largest absolute Gasteiger partial charge is 0.372 e. The monoisotopic (exact) mass is 198 g/mol. The molecule has 0 aliphatic heterocycles. The van der Waals surface area contributed by atoms with E-state index in [0.717, 1.165) is 12.3 Å². The molecule has 1 heterocycles. The van der Waals surface area contributed by atoms with Crippen LogP contribution >= 0.6 is 0 Å². The van der Waals surface area contributed by atoms with Crippen LogP contribution in [0.25, 0.3) is 0 Å². The Labute approximate surface area is 80.9 Å². The summed E-state index contributed by atoms with van der Waals surface area (Å²) in [7, 11) is 0. The van der Waals surface area contributed by atoms with Crippen LogP contribution in [0.1, 0.15) is 10.4 Å². The molecule has 0 radical (unpaired) electrons. The molecule has 1 rings (SSSR count). The number of ether oxygens (including phenoxy) is 1. The van der Waals surface area contributed by atoms with Crippen molar-refractivity contribution < 1.29 is 13.9 Å². The summed E-state index contributed by atoms with van der Waals surface area (Å²) in [5.74, 6) is -0.833. The summed E-state index contributed by atoms with van der Waals surface area (Å²) in [4.78, 5) is 14.9. The summed E-state index contributed by atoms with van der Waals surface area (Å²) in [6.07, 6.45) is 2.34. The van der Waals surface area contributed by atoms with Crippen molar-refractivity contribution in [3.05, 3.63) is 29.8 Å². The van der Waals surface area contributed by atoms with E-state index in [1.54, 1.807) is 0 Å². The Balaban J connectivity index is 2.52. The normalized spacial score (nSPS) is 10.1. The third-order valence-electron chi connectivity index (χ3n) is 1.52. The molecule has 0 atom stereocenters. The van der Waals surface area contributed by atoms with Crippen LogP contribution in [0.2, 0.25) is 0 Å². The van der Waals surface area contributed by atoms with E-state index in [-0.39, 0.29) is 18.0 Å². The second kappa shape index (κ2) is 5.41. The molecular formula is C9H11FN2O2. The highest BCUT2D eigenvalue weighted by molar-refractivity contribution is 5.96. The number of pyridine rings is 1. The van der Waals surface area contributed by atoms with Gasteiger partial charge in [0.15, 0.2) is 5.78 Å². The number of carbonyl (C=O) groups excluding carboxylic acids is 1. The van der Waals surface area contributed by atoms with Gasteiger partial charge in [-0.2, -0.15) is 0 Å². The lowest BCUT2D eigenvalue weighted by atomic mass is 10.2. The predicted molar refractivity (Wildman–Crippen MR) is 48.4 cm³/mol. The van der Waals surface area contributed by atoms with Crippen LogP contribution in [0.3, 0.4) is 0 Å². The second-order valence-corrected chi connectivity index (χ2v) is 2.66. The highest BCUT2D eigenvalue weighted by Crippen LogP contribution is 2.01. The first-order valence-corrected chi connectivity index (χ1v) is 4.15. The maximum atomic E-state index is 12.6. The molecule has 5 heteroatoms. The standard InChI is InChI=1S/C9H11FN2O2/c10-8-3-7(4-12-5-8)9(13)6-14-2-1-11/h3-5H,1-2,6,11H2. The number of nitrogens with zero attached hydrogens (tertiary/aromatic N) is 1. The molecule has 1 aromatic heterocycles. The average molecular weight is 198 g/mol. The van der Waals surface area contributed by atoms with Crippen molar-refractivity contribution in [2.45, 2.75) is 0 Å². The van der Waals surface area contributed by atoms with E-state index < -0.39 is 5.82 Å². The summed E-state index contributed by atoms with van der Waals surface area (Å²) < 4.78 is 17.6. The van der Waals surface area contributed by atoms with Gasteiger partial charge in [-0.25, -0.2) is 4.39 Å². The number of carbonyl (C=O) groups is 1. The van der Waals surface area contributed by atoms with E-state index in [9.17, 15) is 9.18 Å². The Bertz CT molecular complexity index is 317. The zero-order valence-electron chi connectivity index (χ0n) is 7.57. The van der Waals surface area contributed by atoms with E-state index in [2.05, 4.69) is 4.98 Å². The summed E-state index contributed by atoms with van der Waals surface area (Å²) >= 11 is 0. The van der Waals surface area contributed by atoms with Crippen molar-refractivity contribution in [3.63, 3.8) is 0 Å². The van der Waals surface area contributed by atoms with Gasteiger partial charge in [0.2, 0.25) is 0 Å². The Morgan fingerprint density at radius 1 is 1.57 bits per heavy atom. The number of aromatic nitrogens is 1. The molecule has 0 unspecified atom stereocenters. The van der Waals surface area contributed by atoms with Crippen LogP contribution in [-0.2, 0) is 4.74 Å². The average Bonchev–Trinajstić information content (AvgIpc) is 2.18. The quantitative estimate of drug-likeness (QED) is 0.548. The maximum absolute atomic E-state index is 12.6. The Hall–Kier alpha value is -1.33. The summed E-state index contributed by atoms with van der Waals surface area (Å²) in [6.45, 7) is 0.575. The van der Waals surface area contributed by atoms with E-state index >= 15 is 0 Å². The number of halogens is 1. The molecule has 4 nitrogen and oxygen atoms in total. The number of nitrogens with two attached hydrogens (primary N) is 1. The Morgan fingerprint density at radius 3 is 3.00 bits per heavy atom. The fourth-order valence-electron chi connectivity index (χ4n) is 0.896. The number of ketones is 1. The van der Waals surface area contributed by atoms with Gasteiger partial charge in [0.25, 0.3) is 0 Å². The minimum absolute atomic E-state index is 0.0949. The van der Waals surface area contributed by atoms with Gasteiger partial charge in [-0.3, -0.25) is 9.78 Å². The molecule has 0 fully saturated rings. The predicted octanol–water partition coefficient (Wildman–Crippen LogP) is 0.379. The summed E-state index contributed by atoms with van der Waals surface area (Å²) in [6, 6.07) is 1.13. The zero-order chi connectivity index (χ0) is 10.4. The number of rotatable bonds is 5. The van der Waals surface area contributed by atoms with Crippen molar-refractivity contribution in [1.29, 1.82) is 0 Å². The second-order valence-electron chi connectivity index (χ2n) is 2.66. The smallest absolute Gasteiger partial charge is 0.190 e. The molecule has 0 saturated carbocycles. The lowest BCUT2D eigenvalue weighted by molar-refractivity contribution is 0.0773. The first-order valence-electron chi connectivity index (χ1n) is 4.15. The summed E-state index contributed by atoms with van der Waals surface area (Å²) in [5, 5.41) is 0. The fourth-order valence-corrected chi connectivity index (χ4v) is 0.896. The topological polar surface area (TPSA) is 65.2 Å². The molecule has 0 saturated heterocycles. The Kier molecular flexibility index (Phi) is 4.15. The maximum Gasteiger partial charge on any atom is 0.190 e. The highest BCUT2D eigenvalue weighted by atomic mass is 19.1. The zero-order valence-corrected chi connectivity index (χ0v) is 7.57.